The molecular weight excluding hydrogens is 1500 g/mol. The van der Waals surface area contributed by atoms with Crippen molar-refractivity contribution in [2.45, 2.75) is 230 Å². The Morgan fingerprint density at radius 3 is 1.47 bits per heavy atom. The number of nitrogens with zero attached hydrogens (tertiary/aromatic N) is 3. The van der Waals surface area contributed by atoms with Crippen LogP contribution in [0.25, 0.3) is 10.9 Å². The van der Waals surface area contributed by atoms with Gasteiger partial charge in [-0.05, 0) is 100 Å². The number of primary amides is 1. The number of nitrogens with one attached hydrogen (secondary N) is 12. The fourth-order valence-corrected chi connectivity index (χ4v) is 12.0. The second kappa shape index (κ2) is 50.2. The Balaban J connectivity index is 2.00. The number of guanidine groups is 2. The lowest BCUT2D eigenvalue weighted by Crippen LogP contribution is -2.61. The highest BCUT2D eigenvalue weighted by Crippen LogP contribution is 2.21. The number of para-hydroxylation sites is 1. The van der Waals surface area contributed by atoms with E-state index in [4.69, 9.17) is 28.7 Å². The summed E-state index contributed by atoms with van der Waals surface area (Å²) < 4.78 is 0. The molecule has 0 aliphatic rings. The molecule has 0 saturated heterocycles. The third kappa shape index (κ3) is 35.5. The molecule has 0 radical (unpaired) electrons. The van der Waals surface area contributed by atoms with Gasteiger partial charge in [-0.1, -0.05) is 96.5 Å². The van der Waals surface area contributed by atoms with Crippen LogP contribution in [0.1, 0.15) is 144 Å². The Bertz CT molecular complexity index is 3780. The summed E-state index contributed by atoms with van der Waals surface area (Å²) >= 11 is 0. The fraction of sp³-hybridized carbons (Fsp3) is 0.600. The molecule has 0 aliphatic carbocycles. The Morgan fingerprint density at radius 1 is 0.496 bits per heavy atom. The molecule has 0 aliphatic heterocycles. The first-order chi connectivity index (χ1) is 54.2. The van der Waals surface area contributed by atoms with Crippen LogP contribution in [0.4, 0.5) is 0 Å². The second-order valence-corrected chi connectivity index (χ2v) is 29.3. The number of hydrogen-bond acceptors (Lipinski definition) is 21. The molecule has 115 heavy (non-hydrogen) atoms. The number of carboxylic acids is 1. The molecule has 0 saturated carbocycles. The Hall–Kier alpha value is -11.1. The third-order valence-corrected chi connectivity index (χ3v) is 18.6. The lowest BCUT2D eigenvalue weighted by molar-refractivity contribution is -0.141. The predicted molar refractivity (Wildman–Crippen MR) is 423 cm³/mol. The van der Waals surface area contributed by atoms with Gasteiger partial charge in [-0.3, -0.25) is 77.1 Å². The summed E-state index contributed by atoms with van der Waals surface area (Å²) in [7, 11) is 1.23. The minimum atomic E-state index is -1.84. The molecule has 1 aromatic heterocycles. The van der Waals surface area contributed by atoms with Gasteiger partial charge in [-0.2, -0.15) is 0 Å². The molecule has 28 N–H and O–H groups in total. The minimum absolute atomic E-state index is 0.0252. The van der Waals surface area contributed by atoms with E-state index in [0.29, 0.717) is 28.5 Å². The number of aliphatic hydroxyl groups is 5. The molecule has 0 spiro atoms. The number of benzene rings is 2. The highest BCUT2D eigenvalue weighted by molar-refractivity contribution is 6.00. The van der Waals surface area contributed by atoms with E-state index in [1.54, 1.807) is 88.5 Å². The van der Waals surface area contributed by atoms with Crippen molar-refractivity contribution < 1.29 is 97.8 Å². The van der Waals surface area contributed by atoms with Crippen molar-refractivity contribution in [1.82, 2.24) is 68.4 Å². The number of hydrogen-bond donors (Lipinski definition) is 23. The number of aromatic amines is 1. The Labute approximate surface area is 667 Å². The van der Waals surface area contributed by atoms with Gasteiger partial charge >= 0.3 is 5.97 Å². The largest absolute Gasteiger partial charge is 0.481 e. The molecule has 640 valence electrons. The summed E-state index contributed by atoms with van der Waals surface area (Å²) in [5.41, 5.74) is 29.4. The van der Waals surface area contributed by atoms with E-state index < -0.39 is 225 Å². The first-order valence-electron chi connectivity index (χ1n) is 38.2. The number of H-pyrrole nitrogens is 1. The van der Waals surface area contributed by atoms with Crippen molar-refractivity contribution in [2.24, 2.45) is 56.4 Å². The molecule has 0 unspecified atom stereocenters. The molecule has 40 nitrogen and oxygen atoms in total. The maximum atomic E-state index is 14.9. The number of likely N-dealkylation sites (N-methyl/N-ethyl adjacent to an activating group) is 1. The van der Waals surface area contributed by atoms with Crippen molar-refractivity contribution in [3.05, 3.63) is 71.9 Å². The fourth-order valence-electron chi connectivity index (χ4n) is 12.0. The number of aliphatic carboxylic acids is 1. The van der Waals surface area contributed by atoms with Crippen LogP contribution in [0.2, 0.25) is 0 Å². The van der Waals surface area contributed by atoms with Gasteiger partial charge in [-0.25, -0.2) is 0 Å². The topological polar surface area (TPSA) is 667 Å². The molecule has 40 heteroatoms. The molecule has 0 bridgehead atoms. The number of aliphatic imine (C=N–C) groups is 2. The number of carbonyl (C=O) groups excluding carboxylic acids is 13. The number of rotatable bonds is 53. The predicted octanol–water partition coefficient (Wildman–Crippen LogP) is -5.38. The lowest BCUT2D eigenvalue weighted by Gasteiger charge is -2.31. The molecule has 15 atom stereocenters. The van der Waals surface area contributed by atoms with Crippen molar-refractivity contribution in [2.75, 3.05) is 39.9 Å². The first-order valence-corrected chi connectivity index (χ1v) is 38.2. The van der Waals surface area contributed by atoms with Crippen LogP contribution in [-0.4, -0.2) is 260 Å². The van der Waals surface area contributed by atoms with Crippen molar-refractivity contribution >= 4 is 106 Å². The molecule has 13 amide bonds. The summed E-state index contributed by atoms with van der Waals surface area (Å²) in [6, 6.07) is -1.84. The van der Waals surface area contributed by atoms with Gasteiger partial charge < -0.3 is 128 Å². The van der Waals surface area contributed by atoms with E-state index in [0.717, 1.165) is 4.90 Å². The number of carboxylic acid groups (broad SMARTS) is 1. The summed E-state index contributed by atoms with van der Waals surface area (Å²) in [5, 5.41) is 89.6. The number of fused-ring (bicyclic) bond motifs is 1. The first kappa shape index (κ1) is 98.1. The van der Waals surface area contributed by atoms with E-state index in [-0.39, 0.29) is 88.2 Å². The average molecular weight is 1620 g/mol. The quantitative estimate of drug-likeness (QED) is 0.0143. The van der Waals surface area contributed by atoms with E-state index >= 15 is 0 Å². The van der Waals surface area contributed by atoms with E-state index in [1.165, 1.54) is 20.9 Å². The highest BCUT2D eigenvalue weighted by atomic mass is 16.4. The van der Waals surface area contributed by atoms with Gasteiger partial charge in [0.1, 0.15) is 60.4 Å². The minimum Gasteiger partial charge on any atom is -0.481 e. The maximum absolute atomic E-state index is 14.9. The summed E-state index contributed by atoms with van der Waals surface area (Å²) in [6.45, 7) is 10.3. The number of amides is 13. The zero-order chi connectivity index (χ0) is 86.3. The van der Waals surface area contributed by atoms with Crippen LogP contribution in [0.3, 0.4) is 0 Å². The van der Waals surface area contributed by atoms with Gasteiger partial charge in [0, 0.05) is 62.9 Å². The van der Waals surface area contributed by atoms with Gasteiger partial charge in [0.05, 0.1) is 50.5 Å². The van der Waals surface area contributed by atoms with Crippen LogP contribution < -0.4 is 87.2 Å². The maximum Gasteiger partial charge on any atom is 0.303 e. The van der Waals surface area contributed by atoms with Gasteiger partial charge in [0.25, 0.3) is 0 Å². The molecule has 2 aromatic carbocycles. The molecule has 1 heterocycles. The summed E-state index contributed by atoms with van der Waals surface area (Å²) in [4.78, 5) is 207. The number of nitrogens with two attached hydrogens (primary N) is 5. The van der Waals surface area contributed by atoms with Crippen LogP contribution in [0.5, 0.6) is 0 Å². The lowest BCUT2D eigenvalue weighted by atomic mass is 9.96. The highest BCUT2D eigenvalue weighted by Gasteiger charge is 2.39. The van der Waals surface area contributed by atoms with Crippen molar-refractivity contribution in [3.63, 3.8) is 0 Å². The SMILES string of the molecule is CC[C@H](C)[C@H](NC(=O)[C@@H](Cc1c[nH]c2ccccc12)NC(=O)[C@@H](CCC(N)=O)NC(=O)[C@H](CCC(=O)O)NC(=O)[C@@H](CCCN=C(N)N)NC(=O)[C@H](CC(C)C)NC(=O)[C@@H](Cc1ccccc1)N(C)C(=O)CNC(=O)[C@H](CO)NC(=O)[C@@H](CCCN=C(N)N)NC(=O)[C@@H](NC(=O)C[C@H](O)CC(C)C)[C@@H](C)O)C(=O)N[C@H](CO)[C@@H](C)O. The molecule has 3 rings (SSSR count). The molecule has 3 aromatic rings. The Kier molecular flexibility index (Phi) is 42.8. The van der Waals surface area contributed by atoms with E-state index in [9.17, 15) is 97.8 Å². The van der Waals surface area contributed by atoms with Gasteiger partial charge in [0.15, 0.2) is 11.9 Å². The average Bonchev–Trinajstić information content (AvgIpc) is 1.57. The van der Waals surface area contributed by atoms with Gasteiger partial charge in [-0.15, -0.1) is 0 Å². The summed E-state index contributed by atoms with van der Waals surface area (Å²) in [6.07, 6.45) is -5.54. The second-order valence-electron chi connectivity index (χ2n) is 29.3. The normalized spacial score (nSPS) is 15.2. The number of aliphatic hydroxyl groups excluding tert-OH is 5. The molecule has 0 fully saturated rings. The monoisotopic (exact) mass is 1620 g/mol. The smallest absolute Gasteiger partial charge is 0.303 e. The van der Waals surface area contributed by atoms with Crippen LogP contribution in [0, 0.1) is 17.8 Å². The number of carbonyl (C=O) groups is 14. The zero-order valence-corrected chi connectivity index (χ0v) is 66.7. The summed E-state index contributed by atoms with van der Waals surface area (Å²) in [5.74, 6) is -15.8. The standard InChI is InChI=1S/C75H120N20O20/c1-10-41(6)62(72(114)91-55(37-96)42(7)98)94-70(112)54(33-45-35-83-48-21-15-14-20-47(45)48)89-68(110)51(24-26-58(76)101)86-67(109)52(25-27-61(104)105)87-65(107)49(22-16-28-81-74(77)78)85-69(111)53(31-40(4)5)90-71(113)57(32-44-18-12-11-13-19-44)95(9)60(103)36-84-64(106)56(38-97)92-66(108)50(23-17-29-82-75(79)80)88-73(115)63(43(8)99)93-59(102)34-46(100)30-39(2)3/h11-15,18-21,35,39-43,46,49-57,62-63,83,96-100H,10,16-17,22-34,36-38H2,1-9H3,(H2,76,101)(H,84,106)(H,85,111)(H,86,109)(H,87,107)(H,88,115)(H,89,110)(H,90,113)(H,91,114)(H,92,108)(H,93,102)(H,94,112)(H,104,105)(H4,77,78,81)(H4,79,80,82)/t41-,42+,43+,46+,49+,50+,51+,52-,53-,54+,55+,56-,57+,62-,63-/m0/s1. The van der Waals surface area contributed by atoms with Crippen LogP contribution in [-0.2, 0) is 80.0 Å². The van der Waals surface area contributed by atoms with Crippen LogP contribution in [0.15, 0.2) is 70.8 Å². The van der Waals surface area contributed by atoms with Gasteiger partial charge in [0.2, 0.25) is 76.8 Å². The zero-order valence-electron chi connectivity index (χ0n) is 66.7. The van der Waals surface area contributed by atoms with E-state index in [1.807, 2.05) is 13.8 Å². The van der Waals surface area contributed by atoms with Crippen molar-refractivity contribution in [3.8, 4) is 0 Å². The van der Waals surface area contributed by atoms with Crippen LogP contribution >= 0.6 is 0 Å². The number of aromatic nitrogens is 1. The van der Waals surface area contributed by atoms with Crippen molar-refractivity contribution in [1.29, 1.82) is 0 Å². The molecular formula is C75H120N20O20. The Morgan fingerprint density at radius 2 is 0.974 bits per heavy atom. The third-order valence-electron chi connectivity index (χ3n) is 18.6. The van der Waals surface area contributed by atoms with E-state index in [2.05, 4.69) is 73.5 Å².